The minimum absolute atomic E-state index is 0.221. The van der Waals surface area contributed by atoms with Gasteiger partial charge in [0.05, 0.1) is 0 Å². The molecule has 62 valence electrons. The van der Waals surface area contributed by atoms with E-state index in [2.05, 4.69) is 11.9 Å². The third-order valence-corrected chi connectivity index (χ3v) is 2.18. The van der Waals surface area contributed by atoms with E-state index in [-0.39, 0.29) is 5.69 Å². The van der Waals surface area contributed by atoms with E-state index in [4.69, 9.17) is 5.73 Å². The first-order valence-corrected chi connectivity index (χ1v) is 4.35. The summed E-state index contributed by atoms with van der Waals surface area (Å²) in [5, 5.41) is 0.353. The van der Waals surface area contributed by atoms with Crippen molar-refractivity contribution in [3.8, 4) is 0 Å². The molecule has 0 saturated heterocycles. The predicted octanol–water partition coefficient (Wildman–Crippen LogP) is 0.687. The molecule has 0 aliphatic heterocycles. The Morgan fingerprint density at radius 1 is 1.73 bits per heavy atom. The Labute approximate surface area is 68.8 Å². The molecule has 0 unspecified atom stereocenters. The number of nitrogens with zero attached hydrogens (tertiary/aromatic N) is 2. The number of unbranched alkanes of at least 4 members (excludes halogenated alkanes) is 1. The molecule has 1 aromatic rings. The highest BCUT2D eigenvalue weighted by Gasteiger charge is 2.00. The fourth-order valence-electron chi connectivity index (χ4n) is 0.765. The maximum absolute atomic E-state index is 10.9. The van der Waals surface area contributed by atoms with Gasteiger partial charge in [-0.3, -0.25) is 0 Å². The van der Waals surface area contributed by atoms with Crippen molar-refractivity contribution in [2.24, 2.45) is 0 Å². The Hall–Kier alpha value is -0.840. The van der Waals surface area contributed by atoms with Gasteiger partial charge in [-0.15, -0.1) is 0 Å². The van der Waals surface area contributed by atoms with Gasteiger partial charge in [0.2, 0.25) is 5.13 Å². The molecule has 0 aliphatic rings. The molecule has 1 aromatic heterocycles. The van der Waals surface area contributed by atoms with Crippen LogP contribution in [0, 0.1) is 0 Å². The normalized spacial score (nSPS) is 10.3. The summed E-state index contributed by atoms with van der Waals surface area (Å²) in [6.45, 7) is 2.82. The van der Waals surface area contributed by atoms with E-state index >= 15 is 0 Å². The van der Waals surface area contributed by atoms with Gasteiger partial charge in [-0.05, 0) is 18.0 Å². The van der Waals surface area contributed by atoms with Crippen molar-refractivity contribution in [2.45, 2.75) is 26.3 Å². The lowest BCUT2D eigenvalue weighted by atomic mass is 10.3. The Morgan fingerprint density at radius 2 is 2.45 bits per heavy atom. The van der Waals surface area contributed by atoms with Crippen LogP contribution in [-0.4, -0.2) is 8.94 Å². The fraction of sp³-hybridized carbons (Fsp3) is 0.667. The zero-order valence-electron chi connectivity index (χ0n) is 6.41. The van der Waals surface area contributed by atoms with Crippen molar-refractivity contribution in [1.29, 1.82) is 0 Å². The van der Waals surface area contributed by atoms with E-state index in [1.54, 1.807) is 3.96 Å². The van der Waals surface area contributed by atoms with E-state index in [0.29, 0.717) is 5.13 Å². The summed E-state index contributed by atoms with van der Waals surface area (Å²) < 4.78 is 1.58. The van der Waals surface area contributed by atoms with Crippen LogP contribution in [0.5, 0.6) is 0 Å². The molecular formula is C6H11N3OS. The molecule has 0 radical (unpaired) electrons. The summed E-state index contributed by atoms with van der Waals surface area (Å²) in [7, 11) is 0. The fourth-order valence-corrected chi connectivity index (χ4v) is 1.45. The Morgan fingerprint density at radius 3 is 2.91 bits per heavy atom. The van der Waals surface area contributed by atoms with Gasteiger partial charge in [-0.25, -0.2) is 8.75 Å². The highest BCUT2D eigenvalue weighted by atomic mass is 32.1. The van der Waals surface area contributed by atoms with Gasteiger partial charge in [-0.1, -0.05) is 13.3 Å². The number of aromatic nitrogens is 2. The molecule has 5 heteroatoms. The van der Waals surface area contributed by atoms with E-state index in [9.17, 15) is 4.79 Å². The summed E-state index contributed by atoms with van der Waals surface area (Å²) >= 11 is 1.23. The number of anilines is 1. The minimum Gasteiger partial charge on any atom is -0.374 e. The molecule has 0 aliphatic carbocycles. The molecular weight excluding hydrogens is 162 g/mol. The molecule has 0 bridgehead atoms. The lowest BCUT2D eigenvalue weighted by molar-refractivity contribution is 0.650. The summed E-state index contributed by atoms with van der Waals surface area (Å²) in [6, 6.07) is 0. The van der Waals surface area contributed by atoms with Crippen LogP contribution >= 0.6 is 11.5 Å². The second-order valence-corrected chi connectivity index (χ2v) is 3.32. The standard InChI is InChI=1S/C6H11N3OS/c1-2-3-4-9-6(10)8-5(7)11-9/h2-4H2,1H3,(H2,7,8,10). The first kappa shape index (κ1) is 8.26. The van der Waals surface area contributed by atoms with E-state index in [1.807, 2.05) is 0 Å². The van der Waals surface area contributed by atoms with Crippen LogP contribution in [0.2, 0.25) is 0 Å². The number of hydrogen-bond acceptors (Lipinski definition) is 4. The van der Waals surface area contributed by atoms with Crippen LogP contribution in [0.25, 0.3) is 0 Å². The summed E-state index contributed by atoms with van der Waals surface area (Å²) in [5.74, 6) is 0. The lowest BCUT2D eigenvalue weighted by Crippen LogP contribution is -2.14. The zero-order valence-corrected chi connectivity index (χ0v) is 7.23. The van der Waals surface area contributed by atoms with Gasteiger partial charge in [0.25, 0.3) is 0 Å². The average molecular weight is 173 g/mol. The zero-order chi connectivity index (χ0) is 8.27. The van der Waals surface area contributed by atoms with E-state index in [1.165, 1.54) is 11.5 Å². The third kappa shape index (κ3) is 2.04. The van der Waals surface area contributed by atoms with Crippen LogP contribution in [-0.2, 0) is 6.54 Å². The van der Waals surface area contributed by atoms with Crippen molar-refractivity contribution >= 4 is 16.7 Å². The van der Waals surface area contributed by atoms with E-state index < -0.39 is 0 Å². The minimum atomic E-state index is -0.221. The van der Waals surface area contributed by atoms with Gasteiger partial charge in [0.15, 0.2) is 0 Å². The lowest BCUT2D eigenvalue weighted by Gasteiger charge is -1.94. The Kier molecular flexibility index (Phi) is 2.64. The van der Waals surface area contributed by atoms with Crippen molar-refractivity contribution in [2.75, 3.05) is 5.73 Å². The number of aryl methyl sites for hydroxylation is 1. The molecule has 0 fully saturated rings. The van der Waals surface area contributed by atoms with Crippen LogP contribution in [0.15, 0.2) is 4.79 Å². The Bertz CT molecular complexity index is 278. The number of nitrogens with two attached hydrogens (primary N) is 1. The molecule has 1 heterocycles. The summed E-state index contributed by atoms with van der Waals surface area (Å²) in [5.41, 5.74) is 5.12. The van der Waals surface area contributed by atoms with Gasteiger partial charge in [0, 0.05) is 6.54 Å². The predicted molar refractivity (Wildman–Crippen MR) is 45.7 cm³/mol. The first-order chi connectivity index (χ1) is 5.24. The van der Waals surface area contributed by atoms with Gasteiger partial charge in [-0.2, -0.15) is 4.98 Å². The smallest absolute Gasteiger partial charge is 0.359 e. The van der Waals surface area contributed by atoms with Crippen molar-refractivity contribution in [3.05, 3.63) is 10.5 Å². The van der Waals surface area contributed by atoms with Crippen LogP contribution in [0.4, 0.5) is 5.13 Å². The number of rotatable bonds is 3. The Balaban J connectivity index is 2.70. The molecule has 0 atom stereocenters. The van der Waals surface area contributed by atoms with Gasteiger partial charge >= 0.3 is 5.69 Å². The SMILES string of the molecule is CCCCn1sc(N)nc1=O. The van der Waals surface area contributed by atoms with E-state index in [0.717, 1.165) is 19.4 Å². The van der Waals surface area contributed by atoms with Crippen molar-refractivity contribution in [3.63, 3.8) is 0 Å². The molecule has 0 spiro atoms. The summed E-state index contributed by atoms with van der Waals surface area (Å²) in [6.07, 6.45) is 2.08. The number of hydrogen-bond donors (Lipinski definition) is 1. The quantitative estimate of drug-likeness (QED) is 0.731. The second-order valence-electron chi connectivity index (χ2n) is 2.28. The first-order valence-electron chi connectivity index (χ1n) is 3.57. The highest BCUT2D eigenvalue weighted by molar-refractivity contribution is 7.10. The molecule has 0 aromatic carbocycles. The molecule has 0 amide bonds. The van der Waals surface area contributed by atoms with Crippen LogP contribution < -0.4 is 11.4 Å². The second kappa shape index (κ2) is 3.52. The number of nitrogen functional groups attached to an aromatic ring is 1. The van der Waals surface area contributed by atoms with Crippen molar-refractivity contribution in [1.82, 2.24) is 8.94 Å². The third-order valence-electron chi connectivity index (χ3n) is 1.34. The molecule has 4 nitrogen and oxygen atoms in total. The molecule has 1 rings (SSSR count). The largest absolute Gasteiger partial charge is 0.374 e. The van der Waals surface area contributed by atoms with Crippen molar-refractivity contribution < 1.29 is 0 Å². The maximum atomic E-state index is 10.9. The van der Waals surface area contributed by atoms with Gasteiger partial charge in [0.1, 0.15) is 0 Å². The van der Waals surface area contributed by atoms with Gasteiger partial charge < -0.3 is 5.73 Å². The topological polar surface area (TPSA) is 60.9 Å². The molecule has 11 heavy (non-hydrogen) atoms. The summed E-state index contributed by atoms with van der Waals surface area (Å²) in [4.78, 5) is 14.5. The maximum Gasteiger partial charge on any atom is 0.359 e. The highest BCUT2D eigenvalue weighted by Crippen LogP contribution is 2.03. The molecule has 0 saturated carbocycles. The van der Waals surface area contributed by atoms with Crippen LogP contribution in [0.1, 0.15) is 19.8 Å². The molecule has 2 N–H and O–H groups in total. The average Bonchev–Trinajstić information content (AvgIpc) is 2.26. The monoisotopic (exact) mass is 173 g/mol. The van der Waals surface area contributed by atoms with Crippen LogP contribution in [0.3, 0.4) is 0 Å².